The number of hydrogen-bond acceptors (Lipinski definition) is 6. The third-order valence-corrected chi connectivity index (χ3v) is 9.48. The lowest BCUT2D eigenvalue weighted by Crippen LogP contribution is -2.37. The average molecular weight is 619 g/mol. The zero-order chi connectivity index (χ0) is 30.2. The van der Waals surface area contributed by atoms with Crippen LogP contribution in [0.5, 0.6) is 5.75 Å². The Bertz CT molecular complexity index is 1640. The van der Waals surface area contributed by atoms with Crippen molar-refractivity contribution >= 4 is 30.8 Å². The molecule has 9 nitrogen and oxygen atoms in total. The standard InChI is InChI=1S/C29H33F2N4O5PS/c1-18-15-20(19-11-13-34(14-12-19)42(2,38)39)9-10-25(18)40-17-21-5-3-6-22(21)24-7-4-8-26(33-24)35-27(29(30,31)41)23(16-32-35)28(36)37/h4,7-10,15-16,19H,3,5-6,11-14,17,41H2,1-2H3,(H,36,37). The fraction of sp³-hybridized carbons (Fsp3) is 0.414. The third-order valence-electron chi connectivity index (χ3n) is 7.90. The molecule has 3 aromatic rings. The molecule has 224 valence electrons. The average Bonchev–Trinajstić information content (AvgIpc) is 3.60. The number of rotatable bonds is 9. The lowest BCUT2D eigenvalue weighted by atomic mass is 9.89. The highest BCUT2D eigenvalue weighted by Crippen LogP contribution is 2.39. The third kappa shape index (κ3) is 6.40. The summed E-state index contributed by atoms with van der Waals surface area (Å²) in [4.78, 5) is 16.1. The summed E-state index contributed by atoms with van der Waals surface area (Å²) in [5, 5.41) is 13.3. The van der Waals surface area contributed by atoms with Crippen molar-refractivity contribution in [1.82, 2.24) is 19.1 Å². The fourth-order valence-electron chi connectivity index (χ4n) is 5.76. The van der Waals surface area contributed by atoms with Crippen molar-refractivity contribution in [1.29, 1.82) is 0 Å². The zero-order valence-electron chi connectivity index (χ0n) is 23.4. The van der Waals surface area contributed by atoms with Crippen LogP contribution in [0.2, 0.25) is 0 Å². The second-order valence-corrected chi connectivity index (χ2v) is 13.5. The van der Waals surface area contributed by atoms with Crippen LogP contribution in [0.25, 0.3) is 11.4 Å². The highest BCUT2D eigenvalue weighted by molar-refractivity contribution is 7.88. The number of allylic oxidation sites excluding steroid dienone is 1. The molecule has 2 aliphatic rings. The summed E-state index contributed by atoms with van der Waals surface area (Å²) >= 11 is 0. The number of carboxylic acids is 1. The number of aryl methyl sites for hydroxylation is 1. The molecular weight excluding hydrogens is 585 g/mol. The van der Waals surface area contributed by atoms with Crippen LogP contribution >= 0.6 is 9.24 Å². The molecule has 2 aromatic heterocycles. The van der Waals surface area contributed by atoms with E-state index >= 15 is 0 Å². The molecule has 0 radical (unpaired) electrons. The molecule has 0 bridgehead atoms. The molecular formula is C29H33F2N4O5PS. The fourth-order valence-corrected chi connectivity index (χ4v) is 6.91. The SMILES string of the molecule is Cc1cc(C2CCN(S(C)(=O)=O)CC2)ccc1OCC1=C(c2cccc(-n3ncc(C(=O)O)c3C(F)(F)P)n2)CCC1. The Morgan fingerprint density at radius 2 is 1.93 bits per heavy atom. The van der Waals surface area contributed by atoms with Crippen LogP contribution in [0, 0.1) is 6.92 Å². The Morgan fingerprint density at radius 1 is 1.19 bits per heavy atom. The number of aromatic nitrogens is 3. The Kier molecular flexibility index (Phi) is 8.51. The number of benzene rings is 1. The number of sulfonamides is 1. The molecule has 0 spiro atoms. The number of carbonyl (C=O) groups is 1. The number of halogens is 2. The molecule has 1 atom stereocenters. The van der Waals surface area contributed by atoms with Crippen LogP contribution < -0.4 is 4.74 Å². The summed E-state index contributed by atoms with van der Waals surface area (Å²) < 4.78 is 61.0. The van der Waals surface area contributed by atoms with Crippen molar-refractivity contribution in [3.05, 3.63) is 76.2 Å². The molecule has 3 heterocycles. The molecule has 1 N–H and O–H groups in total. The lowest BCUT2D eigenvalue weighted by Gasteiger charge is -2.30. The molecule has 1 aromatic carbocycles. The van der Waals surface area contributed by atoms with E-state index in [4.69, 9.17) is 4.74 Å². The number of hydrogen-bond donors (Lipinski definition) is 1. The van der Waals surface area contributed by atoms with Gasteiger partial charge in [-0.1, -0.05) is 27.4 Å². The van der Waals surface area contributed by atoms with Crippen LogP contribution in [0.4, 0.5) is 8.78 Å². The highest BCUT2D eigenvalue weighted by atomic mass is 32.2. The van der Waals surface area contributed by atoms with E-state index in [1.165, 1.54) is 31.4 Å². The van der Waals surface area contributed by atoms with Crippen molar-refractivity contribution in [2.75, 3.05) is 26.0 Å². The highest BCUT2D eigenvalue weighted by Gasteiger charge is 2.36. The van der Waals surface area contributed by atoms with Gasteiger partial charge in [-0.05, 0) is 85.4 Å². The van der Waals surface area contributed by atoms with E-state index in [9.17, 15) is 27.1 Å². The summed E-state index contributed by atoms with van der Waals surface area (Å²) in [7, 11) is -1.80. The largest absolute Gasteiger partial charge is 0.489 e. The molecule has 1 unspecified atom stereocenters. The first-order valence-corrected chi connectivity index (χ1v) is 16.1. The van der Waals surface area contributed by atoms with Gasteiger partial charge in [-0.25, -0.2) is 27.2 Å². The molecule has 1 saturated heterocycles. The second kappa shape index (κ2) is 11.8. The number of piperidine rings is 1. The smallest absolute Gasteiger partial charge is 0.339 e. The molecule has 0 saturated carbocycles. The van der Waals surface area contributed by atoms with Gasteiger partial charge in [0.25, 0.3) is 0 Å². The van der Waals surface area contributed by atoms with E-state index < -0.39 is 32.9 Å². The van der Waals surface area contributed by atoms with Gasteiger partial charge in [-0.3, -0.25) is 0 Å². The molecule has 1 aliphatic heterocycles. The van der Waals surface area contributed by atoms with Gasteiger partial charge in [-0.2, -0.15) is 13.9 Å². The zero-order valence-corrected chi connectivity index (χ0v) is 25.4. The summed E-state index contributed by atoms with van der Waals surface area (Å²) in [5.74, 6) is -0.331. The predicted octanol–water partition coefficient (Wildman–Crippen LogP) is 5.35. The molecule has 42 heavy (non-hydrogen) atoms. The quantitative estimate of drug-likeness (QED) is 0.322. The van der Waals surface area contributed by atoms with Gasteiger partial charge in [0.15, 0.2) is 5.82 Å². The first kappa shape index (κ1) is 30.3. The number of pyridine rings is 1. The van der Waals surface area contributed by atoms with Crippen molar-refractivity contribution in [3.63, 3.8) is 0 Å². The van der Waals surface area contributed by atoms with Gasteiger partial charge in [-0.15, -0.1) is 0 Å². The van der Waals surface area contributed by atoms with E-state index in [1.807, 2.05) is 19.1 Å². The van der Waals surface area contributed by atoms with Crippen molar-refractivity contribution in [2.24, 2.45) is 0 Å². The first-order valence-electron chi connectivity index (χ1n) is 13.7. The Hall–Kier alpha value is -3.21. The number of nitrogens with zero attached hydrogens (tertiary/aromatic N) is 4. The Balaban J connectivity index is 1.32. The van der Waals surface area contributed by atoms with E-state index in [0.717, 1.165) is 65.4 Å². The molecule has 0 amide bonds. The van der Waals surface area contributed by atoms with Crippen molar-refractivity contribution in [3.8, 4) is 11.6 Å². The Morgan fingerprint density at radius 3 is 2.57 bits per heavy atom. The van der Waals surface area contributed by atoms with E-state index in [-0.39, 0.29) is 5.82 Å². The van der Waals surface area contributed by atoms with Gasteiger partial charge in [0.05, 0.1) is 18.1 Å². The van der Waals surface area contributed by atoms with E-state index in [0.29, 0.717) is 31.3 Å². The minimum atomic E-state index is -3.52. The summed E-state index contributed by atoms with van der Waals surface area (Å²) in [6.07, 6.45) is 6.19. The van der Waals surface area contributed by atoms with Crippen LogP contribution in [0.3, 0.4) is 0 Å². The molecule has 1 aliphatic carbocycles. The molecule has 1 fully saturated rings. The minimum absolute atomic E-state index is 0.102. The summed E-state index contributed by atoms with van der Waals surface area (Å²) in [5.41, 5.74) is -0.0266. The normalized spacial score (nSPS) is 17.2. The van der Waals surface area contributed by atoms with Crippen LogP contribution in [-0.4, -0.2) is 64.5 Å². The van der Waals surface area contributed by atoms with Gasteiger partial charge in [0.1, 0.15) is 23.6 Å². The van der Waals surface area contributed by atoms with Gasteiger partial charge < -0.3 is 9.84 Å². The summed E-state index contributed by atoms with van der Waals surface area (Å²) in [6, 6.07) is 11.1. The monoisotopic (exact) mass is 618 g/mol. The number of alkyl halides is 2. The minimum Gasteiger partial charge on any atom is -0.489 e. The maximum absolute atomic E-state index is 14.4. The molecule has 13 heteroatoms. The number of carboxylic acid groups (broad SMARTS) is 1. The number of ether oxygens (including phenoxy) is 1. The lowest BCUT2D eigenvalue weighted by molar-refractivity contribution is 0.0660. The maximum Gasteiger partial charge on any atom is 0.339 e. The van der Waals surface area contributed by atoms with Crippen LogP contribution in [-0.2, 0) is 15.7 Å². The summed E-state index contributed by atoms with van der Waals surface area (Å²) in [6.45, 7) is 3.40. The van der Waals surface area contributed by atoms with Crippen LogP contribution in [0.1, 0.15) is 70.9 Å². The maximum atomic E-state index is 14.4. The second-order valence-electron chi connectivity index (χ2n) is 10.8. The predicted molar refractivity (Wildman–Crippen MR) is 158 cm³/mol. The van der Waals surface area contributed by atoms with Gasteiger partial charge in [0, 0.05) is 13.1 Å². The van der Waals surface area contributed by atoms with Crippen molar-refractivity contribution in [2.45, 2.75) is 50.6 Å². The van der Waals surface area contributed by atoms with E-state index in [1.54, 1.807) is 12.1 Å². The Labute approximate surface area is 245 Å². The van der Waals surface area contributed by atoms with E-state index in [2.05, 4.69) is 16.1 Å². The van der Waals surface area contributed by atoms with Gasteiger partial charge in [0.2, 0.25) is 10.0 Å². The topological polar surface area (TPSA) is 115 Å². The van der Waals surface area contributed by atoms with Gasteiger partial charge >= 0.3 is 11.6 Å². The van der Waals surface area contributed by atoms with Crippen LogP contribution in [0.15, 0.2) is 48.2 Å². The number of aromatic carboxylic acids is 1. The first-order chi connectivity index (χ1) is 19.8. The molecule has 5 rings (SSSR count). The van der Waals surface area contributed by atoms with Crippen molar-refractivity contribution < 1.29 is 31.8 Å².